The second-order valence-electron chi connectivity index (χ2n) is 20.2. The highest BCUT2D eigenvalue weighted by molar-refractivity contribution is 5.85. The third-order valence-electron chi connectivity index (χ3n) is 13.8. The lowest BCUT2D eigenvalue weighted by atomic mass is 9.86. The number of carboxylic acid groups (broad SMARTS) is 1. The van der Waals surface area contributed by atoms with E-state index in [9.17, 15) is 14.0 Å². The zero-order chi connectivity index (χ0) is 61.9. The summed E-state index contributed by atoms with van der Waals surface area (Å²) in [6.07, 6.45) is 24.6. The maximum Gasteiger partial charge on any atom is 0.307 e. The molecule has 0 aromatic carbocycles. The van der Waals surface area contributed by atoms with Crippen molar-refractivity contribution in [3.8, 4) is 83.3 Å². The van der Waals surface area contributed by atoms with Gasteiger partial charge in [-0.15, -0.1) is 6.42 Å². The Kier molecular flexibility index (Phi) is 27.4. The number of Topliss-reactive ketones (excluding diaryl/α,β-unsaturated/α-hetero) is 1. The largest absolute Gasteiger partial charge is 0.481 e. The van der Waals surface area contributed by atoms with Gasteiger partial charge in [-0.3, -0.25) is 14.0 Å². The fourth-order valence-electron chi connectivity index (χ4n) is 9.26. The molecule has 0 spiro atoms. The summed E-state index contributed by atoms with van der Waals surface area (Å²) in [6, 6.07) is 13.1. The van der Waals surface area contributed by atoms with Gasteiger partial charge in [-0.25, -0.2) is 39.9 Å². The Morgan fingerprint density at radius 2 is 1.06 bits per heavy atom. The molecule has 7 N–H and O–H groups in total. The average Bonchev–Trinajstić information content (AvgIpc) is 3.51. The zero-order valence-electron chi connectivity index (χ0n) is 49.6. The number of rotatable bonds is 18. The summed E-state index contributed by atoms with van der Waals surface area (Å²) in [7, 11) is 2.22. The first-order chi connectivity index (χ1) is 42.5. The van der Waals surface area contributed by atoms with Crippen LogP contribution in [0.25, 0.3) is 21.8 Å². The van der Waals surface area contributed by atoms with Crippen LogP contribution >= 0.6 is 0 Å². The third-order valence-corrected chi connectivity index (χ3v) is 13.8. The van der Waals surface area contributed by atoms with Gasteiger partial charge in [0.2, 0.25) is 23.7 Å². The number of carbonyl (C=O) groups is 2. The van der Waals surface area contributed by atoms with Crippen LogP contribution in [-0.4, -0.2) is 136 Å². The lowest BCUT2D eigenvalue weighted by Gasteiger charge is -2.29. The molecule has 2 saturated carbocycles. The summed E-state index contributed by atoms with van der Waals surface area (Å²) >= 11 is 0. The van der Waals surface area contributed by atoms with Gasteiger partial charge in [-0.2, -0.15) is 0 Å². The third kappa shape index (κ3) is 22.9. The molecular weight excluding hydrogens is 1090 g/mol. The number of alkyl halides is 1. The second-order valence-corrected chi connectivity index (χ2v) is 20.2. The zero-order valence-corrected chi connectivity index (χ0v) is 48.6. The van der Waals surface area contributed by atoms with E-state index in [1.807, 2.05) is 30.3 Å². The molecule has 0 amide bonds. The lowest BCUT2D eigenvalue weighted by Crippen LogP contribution is -2.41. The highest BCUT2D eigenvalue weighted by atomic mass is 19.1. The second kappa shape index (κ2) is 36.9. The summed E-state index contributed by atoms with van der Waals surface area (Å²) in [5.41, 5.74) is 8.26. The van der Waals surface area contributed by atoms with Crippen molar-refractivity contribution >= 4 is 57.1 Å². The number of hydrogen-bond donors (Lipinski definition) is 6. The number of pyridine rings is 4. The molecule has 21 heteroatoms. The van der Waals surface area contributed by atoms with Gasteiger partial charge in [0.05, 0.1) is 61.6 Å². The Morgan fingerprint density at radius 3 is 1.43 bits per heavy atom. The van der Waals surface area contributed by atoms with Gasteiger partial charge in [0.25, 0.3) is 0 Å². The number of anilines is 4. The van der Waals surface area contributed by atoms with Gasteiger partial charge in [0.15, 0.2) is 0 Å². The Morgan fingerprint density at radius 1 is 0.640 bits per heavy atom. The smallest absolute Gasteiger partial charge is 0.307 e. The van der Waals surface area contributed by atoms with Gasteiger partial charge < -0.3 is 51.1 Å². The number of ketones is 1. The van der Waals surface area contributed by atoms with Crippen molar-refractivity contribution in [1.82, 2.24) is 39.9 Å². The van der Waals surface area contributed by atoms with Crippen LogP contribution in [0.3, 0.4) is 0 Å². The van der Waals surface area contributed by atoms with Crippen LogP contribution < -0.4 is 36.5 Å². The molecule has 6 aromatic heterocycles. The molecule has 0 unspecified atom stereocenters. The molecule has 6 aromatic rings. The number of nitrogens with zero attached hydrogens (tertiary/aromatic N) is 8. The Bertz CT molecular complexity index is 3530. The minimum Gasteiger partial charge on any atom is -0.481 e. The van der Waals surface area contributed by atoms with E-state index in [-0.39, 0.29) is 12.2 Å². The number of nitrogens with one attached hydrogen (secondary N) is 4. The van der Waals surface area contributed by atoms with Crippen molar-refractivity contribution in [1.29, 1.82) is 0 Å². The van der Waals surface area contributed by atoms with Crippen molar-refractivity contribution < 1.29 is 39.4 Å². The van der Waals surface area contributed by atoms with Gasteiger partial charge >= 0.3 is 5.97 Å². The summed E-state index contributed by atoms with van der Waals surface area (Å²) in [4.78, 5) is 58.0. The molecule has 2 saturated heterocycles. The summed E-state index contributed by atoms with van der Waals surface area (Å²) < 4.78 is 36.0. The molecule has 86 heavy (non-hydrogen) atoms. The van der Waals surface area contributed by atoms with Crippen molar-refractivity contribution in [2.24, 2.45) is 23.5 Å². The normalized spacial score (nSPS) is 17.2. The van der Waals surface area contributed by atoms with E-state index in [1.54, 1.807) is 58.3 Å². The first kappa shape index (κ1) is 64.0. The van der Waals surface area contributed by atoms with Crippen molar-refractivity contribution in [3.63, 3.8) is 0 Å². The van der Waals surface area contributed by atoms with E-state index < -0.39 is 13.1 Å². The molecule has 2 aliphatic heterocycles. The number of methoxy groups -OCH3 is 2. The Labute approximate surface area is 503 Å². The number of carbonyl (C=O) groups excluding carboxylic acids is 1. The fraction of sp³-hybridized carbons (Fsp3) is 0.415. The molecule has 4 aliphatic rings. The first-order valence-corrected chi connectivity index (χ1v) is 28.1. The van der Waals surface area contributed by atoms with Gasteiger partial charge in [-0.1, -0.05) is 5.92 Å². The average molecular weight is 1170 g/mol. The summed E-state index contributed by atoms with van der Waals surface area (Å²) in [6.45, 7) is 6.30. The van der Waals surface area contributed by atoms with Crippen LogP contribution in [-0.2, 0) is 31.9 Å². The Balaban J connectivity index is 0.000000211. The molecule has 8 heterocycles. The maximum atomic E-state index is 12.1. The number of nitrogens with two attached hydrogens (primary N) is 1. The lowest BCUT2D eigenvalue weighted by molar-refractivity contribution is -0.136. The van der Waals surface area contributed by atoms with Gasteiger partial charge in [0, 0.05) is 97.4 Å². The van der Waals surface area contributed by atoms with Crippen molar-refractivity contribution in [2.45, 2.75) is 95.7 Å². The molecule has 4 fully saturated rings. The van der Waals surface area contributed by atoms with Gasteiger partial charge in [-0.05, 0) is 171 Å². The van der Waals surface area contributed by atoms with E-state index in [4.69, 9.17) is 47.5 Å². The number of hydrogen-bond acceptors (Lipinski definition) is 19. The molecule has 2 aliphatic carbocycles. The minimum atomic E-state index is -1.00. The molecule has 446 valence electrons. The number of carboxylic acids is 1. The molecular formula is C65H72FN13O7. The quantitative estimate of drug-likeness (QED) is 0.0458. The number of aliphatic carboxylic acids is 1. The predicted octanol–water partition coefficient (Wildman–Crippen LogP) is 7.38. The fourth-order valence-corrected chi connectivity index (χ4v) is 9.26. The van der Waals surface area contributed by atoms with Crippen LogP contribution in [0.5, 0.6) is 11.8 Å². The van der Waals surface area contributed by atoms with Crippen LogP contribution in [0.15, 0.2) is 73.6 Å². The number of ether oxygens (including phenoxy) is 4. The van der Waals surface area contributed by atoms with Crippen molar-refractivity contribution in [3.05, 3.63) is 84.7 Å². The highest BCUT2D eigenvalue weighted by Gasteiger charge is 2.25. The molecule has 10 rings (SSSR count). The predicted molar refractivity (Wildman–Crippen MR) is 330 cm³/mol. The summed E-state index contributed by atoms with van der Waals surface area (Å²) in [5, 5.41) is 24.6. The van der Waals surface area contributed by atoms with Crippen LogP contribution in [0, 0.1) is 89.3 Å². The van der Waals surface area contributed by atoms with E-state index in [0.29, 0.717) is 91.2 Å². The maximum absolute atomic E-state index is 12.1. The van der Waals surface area contributed by atoms with Crippen molar-refractivity contribution in [2.75, 3.05) is 82.2 Å². The van der Waals surface area contributed by atoms with E-state index >= 15 is 0 Å². The first-order valence-electron chi connectivity index (χ1n) is 28.8. The number of aromatic nitrogens is 8. The number of halogens is 1. The van der Waals surface area contributed by atoms with E-state index in [0.717, 1.165) is 117 Å². The van der Waals surface area contributed by atoms with Gasteiger partial charge in [0.1, 0.15) is 28.5 Å². The number of terminal acetylenes is 1. The Hall–Kier alpha value is -9.61. The van der Waals surface area contributed by atoms with E-state index in [1.165, 1.54) is 0 Å². The monoisotopic (exact) mass is 1170 g/mol. The molecule has 0 radical (unpaired) electrons. The topological polar surface area (TPSA) is 269 Å². The number of fused-ring (bicyclic) bond motifs is 2. The van der Waals surface area contributed by atoms with Crippen LogP contribution in [0.4, 0.5) is 27.9 Å². The SMILES string of the molecule is C#CC#CC#CC#CC#CC#CC.COc1nccc2ccc(NC3CCC(CNc4ncc(CC(=O)CC5COC5)cn4)CC3)nc12.COc1nccc2ccc(NC3CCC(CNc4ncc(CC(=O)O)cn4)CC3)nc12.NC1COC1.[2H]CF. The summed E-state index contributed by atoms with van der Waals surface area (Å²) in [5.74, 6) is 31.7. The highest BCUT2D eigenvalue weighted by Crippen LogP contribution is 2.30. The van der Waals surface area contributed by atoms with E-state index in [2.05, 4.69) is 122 Å². The molecule has 0 bridgehead atoms. The van der Waals surface area contributed by atoms with Crippen LogP contribution in [0.1, 0.15) is 77.2 Å². The minimum absolute atomic E-state index is 0.0628. The van der Waals surface area contributed by atoms with Crippen LogP contribution in [0.2, 0.25) is 0 Å². The molecule has 0 atom stereocenters. The standard InChI is InChI=1S/C26H32N6O3.C22H26N6O3.C13H4.C3H7NO.CH3F/c1-34-25-24-20(8-9-27-25)4-7-23(32-24)31-21-5-2-17(3-6-21)12-28-26-29-13-18(14-30-26)10-22(33)11-19-15-35-16-19;1-31-21-20-16(8-9-23-21)4-7-18(28-20)27-17-5-2-14(3-6-17)11-24-22-25-12-15(13-26-22)10-19(29)30;1-3-5-7-9-11-13-12-10-8-6-4-2;4-3-1-5-2-3;1-2/h4,7-9,13-14,17,19,21H,2-3,5-6,10-12,15-16H2,1H3,(H,31,32)(H,28,29,30);4,7-9,12-14,17H,2-3,5-6,10-11H2,1H3,(H,27,28)(H,29,30)(H,24,25,26);1H,2H3;3H,1-2,4H2;1H3/i;;;;1D. The molecule has 20 nitrogen and oxygen atoms in total.